The van der Waals surface area contributed by atoms with Crippen LogP contribution in [0.3, 0.4) is 0 Å². The molecule has 0 radical (unpaired) electrons. The normalized spacial score (nSPS) is 15.9. The molecule has 0 bridgehead atoms. The summed E-state index contributed by atoms with van der Waals surface area (Å²) in [7, 11) is 0. The van der Waals surface area contributed by atoms with Gasteiger partial charge in [0.05, 0.1) is 17.9 Å². The Morgan fingerprint density at radius 3 is 2.72 bits per heavy atom. The van der Waals surface area contributed by atoms with Crippen molar-refractivity contribution in [1.82, 2.24) is 0 Å². The SMILES string of the molecule is CCCCOC(=O)c1ccc(NC2Sc3ccccc3NC2=O)cc1. The molecule has 5 nitrogen and oxygen atoms in total. The van der Waals surface area contributed by atoms with Crippen molar-refractivity contribution in [2.75, 3.05) is 17.2 Å². The summed E-state index contributed by atoms with van der Waals surface area (Å²) in [6.45, 7) is 2.49. The Morgan fingerprint density at radius 2 is 1.96 bits per heavy atom. The van der Waals surface area contributed by atoms with Crippen LogP contribution < -0.4 is 10.6 Å². The van der Waals surface area contributed by atoms with E-state index in [2.05, 4.69) is 10.6 Å². The average Bonchev–Trinajstić information content (AvgIpc) is 2.63. The molecule has 1 aliphatic heterocycles. The second-order valence-electron chi connectivity index (χ2n) is 5.69. The van der Waals surface area contributed by atoms with Crippen molar-refractivity contribution >= 4 is 35.0 Å². The fourth-order valence-electron chi connectivity index (χ4n) is 2.39. The number of anilines is 2. The Bertz CT molecular complexity index is 762. The topological polar surface area (TPSA) is 67.4 Å². The van der Waals surface area contributed by atoms with Gasteiger partial charge in [0, 0.05) is 10.6 Å². The van der Waals surface area contributed by atoms with Crippen LogP contribution in [0.5, 0.6) is 0 Å². The lowest BCUT2D eigenvalue weighted by atomic mass is 10.2. The maximum Gasteiger partial charge on any atom is 0.338 e. The molecular formula is C19H20N2O3S. The number of unbranched alkanes of at least 4 members (excludes halogenated alkanes) is 1. The summed E-state index contributed by atoms with van der Waals surface area (Å²) in [6, 6.07) is 14.7. The number of carbonyl (C=O) groups excluding carboxylic acids is 2. The Hall–Kier alpha value is -2.47. The van der Waals surface area contributed by atoms with E-state index in [9.17, 15) is 9.59 Å². The lowest BCUT2D eigenvalue weighted by molar-refractivity contribution is -0.115. The molecule has 1 aliphatic rings. The average molecular weight is 356 g/mol. The van der Waals surface area contributed by atoms with Gasteiger partial charge in [0.1, 0.15) is 0 Å². The molecule has 0 fully saturated rings. The van der Waals surface area contributed by atoms with Gasteiger partial charge in [0.2, 0.25) is 0 Å². The number of hydrogen-bond donors (Lipinski definition) is 2. The lowest BCUT2D eigenvalue weighted by Crippen LogP contribution is -2.34. The van der Waals surface area contributed by atoms with Crippen molar-refractivity contribution in [1.29, 1.82) is 0 Å². The molecule has 0 aliphatic carbocycles. The number of nitrogens with one attached hydrogen (secondary N) is 2. The zero-order valence-electron chi connectivity index (χ0n) is 14.0. The number of rotatable bonds is 6. The monoisotopic (exact) mass is 356 g/mol. The van der Waals surface area contributed by atoms with Crippen molar-refractivity contribution in [2.24, 2.45) is 0 Å². The number of esters is 1. The molecule has 1 heterocycles. The summed E-state index contributed by atoms with van der Waals surface area (Å²) >= 11 is 1.47. The second-order valence-corrected chi connectivity index (χ2v) is 6.84. The second kappa shape index (κ2) is 8.07. The van der Waals surface area contributed by atoms with Crippen LogP contribution in [0, 0.1) is 0 Å². The maximum absolute atomic E-state index is 12.2. The molecule has 0 saturated heterocycles. The number of benzene rings is 2. The number of carbonyl (C=O) groups is 2. The van der Waals surface area contributed by atoms with E-state index in [1.165, 1.54) is 11.8 Å². The number of amides is 1. The van der Waals surface area contributed by atoms with Gasteiger partial charge >= 0.3 is 5.97 Å². The van der Waals surface area contributed by atoms with Gasteiger partial charge < -0.3 is 15.4 Å². The van der Waals surface area contributed by atoms with Gasteiger partial charge in [0.15, 0.2) is 5.37 Å². The third-order valence-corrected chi connectivity index (χ3v) is 4.95. The number of fused-ring (bicyclic) bond motifs is 1. The summed E-state index contributed by atoms with van der Waals surface area (Å²) in [6.07, 6.45) is 1.85. The fraction of sp³-hybridized carbons (Fsp3) is 0.263. The first kappa shape index (κ1) is 17.4. The van der Waals surface area contributed by atoms with Gasteiger partial charge in [-0.15, -0.1) is 0 Å². The standard InChI is InChI=1S/C19H20N2O3S/c1-2-3-12-24-19(23)13-8-10-14(11-9-13)20-18-17(22)21-15-6-4-5-7-16(15)25-18/h4-11,18,20H,2-3,12H2,1H3,(H,21,22). The van der Waals surface area contributed by atoms with Crippen molar-refractivity contribution in [2.45, 2.75) is 30.0 Å². The summed E-state index contributed by atoms with van der Waals surface area (Å²) < 4.78 is 5.19. The number of para-hydroxylation sites is 1. The molecule has 1 atom stereocenters. The Morgan fingerprint density at radius 1 is 1.20 bits per heavy atom. The minimum Gasteiger partial charge on any atom is -0.462 e. The van der Waals surface area contributed by atoms with Gasteiger partial charge in [0.25, 0.3) is 5.91 Å². The highest BCUT2D eigenvalue weighted by Crippen LogP contribution is 2.35. The van der Waals surface area contributed by atoms with Gasteiger partial charge in [-0.1, -0.05) is 37.2 Å². The van der Waals surface area contributed by atoms with E-state index < -0.39 is 5.37 Å². The minimum atomic E-state index is -0.419. The highest BCUT2D eigenvalue weighted by Gasteiger charge is 2.26. The third kappa shape index (κ3) is 4.33. The quantitative estimate of drug-likeness (QED) is 0.602. The molecule has 0 saturated carbocycles. The Kier molecular flexibility index (Phi) is 5.60. The molecule has 2 aromatic carbocycles. The molecule has 1 unspecified atom stereocenters. The minimum absolute atomic E-state index is 0.0910. The van der Waals surface area contributed by atoms with Crippen LogP contribution in [0.4, 0.5) is 11.4 Å². The van der Waals surface area contributed by atoms with Crippen LogP contribution in [0.2, 0.25) is 0 Å². The summed E-state index contributed by atoms with van der Waals surface area (Å²) in [4.78, 5) is 25.1. The van der Waals surface area contributed by atoms with Gasteiger partial charge in [-0.25, -0.2) is 4.79 Å². The van der Waals surface area contributed by atoms with Crippen LogP contribution in [-0.4, -0.2) is 23.9 Å². The van der Waals surface area contributed by atoms with Gasteiger partial charge in [-0.05, 0) is 42.8 Å². The Balaban J connectivity index is 1.62. The molecule has 130 valence electrons. The first-order valence-electron chi connectivity index (χ1n) is 8.27. The highest BCUT2D eigenvalue weighted by atomic mass is 32.2. The lowest BCUT2D eigenvalue weighted by Gasteiger charge is -2.25. The van der Waals surface area contributed by atoms with E-state index in [1.807, 2.05) is 31.2 Å². The highest BCUT2D eigenvalue weighted by molar-refractivity contribution is 8.01. The van der Waals surface area contributed by atoms with E-state index in [-0.39, 0.29) is 11.9 Å². The fourth-order valence-corrected chi connectivity index (χ4v) is 3.41. The predicted octanol–water partition coefficient (Wildman–Crippen LogP) is 4.13. The van der Waals surface area contributed by atoms with Crippen molar-refractivity contribution in [3.05, 3.63) is 54.1 Å². The molecule has 6 heteroatoms. The molecule has 1 amide bonds. The van der Waals surface area contributed by atoms with E-state index in [1.54, 1.807) is 24.3 Å². The Labute approximate surface area is 151 Å². The summed E-state index contributed by atoms with van der Waals surface area (Å²) in [5.41, 5.74) is 2.12. The number of thioether (sulfide) groups is 1. The van der Waals surface area contributed by atoms with Crippen LogP contribution in [0.15, 0.2) is 53.4 Å². The largest absolute Gasteiger partial charge is 0.462 e. The van der Waals surface area contributed by atoms with Crippen molar-refractivity contribution in [3.63, 3.8) is 0 Å². The third-order valence-electron chi connectivity index (χ3n) is 3.78. The molecule has 3 rings (SSSR count). The predicted molar refractivity (Wildman–Crippen MR) is 100.0 cm³/mol. The molecule has 2 aromatic rings. The van der Waals surface area contributed by atoms with Crippen LogP contribution in [0.1, 0.15) is 30.1 Å². The van der Waals surface area contributed by atoms with E-state index >= 15 is 0 Å². The first-order valence-corrected chi connectivity index (χ1v) is 9.15. The summed E-state index contributed by atoms with van der Waals surface area (Å²) in [5, 5.41) is 5.66. The zero-order chi connectivity index (χ0) is 17.6. The van der Waals surface area contributed by atoms with Crippen LogP contribution in [0.25, 0.3) is 0 Å². The maximum atomic E-state index is 12.2. The zero-order valence-corrected chi connectivity index (χ0v) is 14.8. The molecular weight excluding hydrogens is 336 g/mol. The first-order chi connectivity index (χ1) is 12.2. The van der Waals surface area contributed by atoms with Crippen LogP contribution >= 0.6 is 11.8 Å². The number of ether oxygens (including phenoxy) is 1. The number of hydrogen-bond acceptors (Lipinski definition) is 5. The van der Waals surface area contributed by atoms with Crippen molar-refractivity contribution in [3.8, 4) is 0 Å². The smallest absolute Gasteiger partial charge is 0.338 e. The van der Waals surface area contributed by atoms with Gasteiger partial charge in [-0.3, -0.25) is 4.79 Å². The molecule has 2 N–H and O–H groups in total. The molecule has 25 heavy (non-hydrogen) atoms. The van der Waals surface area contributed by atoms with Crippen molar-refractivity contribution < 1.29 is 14.3 Å². The van der Waals surface area contributed by atoms with E-state index in [4.69, 9.17) is 4.74 Å². The van der Waals surface area contributed by atoms with Crippen LogP contribution in [-0.2, 0) is 9.53 Å². The van der Waals surface area contributed by atoms with E-state index in [0.29, 0.717) is 12.2 Å². The summed E-state index contributed by atoms with van der Waals surface area (Å²) in [5.74, 6) is -0.412. The van der Waals surface area contributed by atoms with E-state index in [0.717, 1.165) is 29.1 Å². The molecule has 0 spiro atoms. The molecule has 0 aromatic heterocycles. The van der Waals surface area contributed by atoms with Gasteiger partial charge in [-0.2, -0.15) is 0 Å².